The number of ether oxygens (including phenoxy) is 3. The quantitative estimate of drug-likeness (QED) is 0.423. The maximum atomic E-state index is 10.5. The molecule has 0 atom stereocenters. The van der Waals surface area contributed by atoms with Gasteiger partial charge in [0.15, 0.2) is 0 Å². The molecular weight excluding hydrogens is 268 g/mol. The van der Waals surface area contributed by atoms with Gasteiger partial charge in [-0.25, -0.2) is 8.42 Å². The zero-order valence-corrected chi connectivity index (χ0v) is 11.9. The van der Waals surface area contributed by atoms with Crippen molar-refractivity contribution in [2.24, 2.45) is 5.92 Å². The van der Waals surface area contributed by atoms with Crippen molar-refractivity contribution in [3.63, 3.8) is 0 Å². The number of rotatable bonds is 11. The molecule has 0 radical (unpaired) electrons. The van der Waals surface area contributed by atoms with Crippen LogP contribution in [0.25, 0.3) is 0 Å². The molecule has 0 heterocycles. The van der Waals surface area contributed by atoms with Crippen molar-refractivity contribution in [3.05, 3.63) is 0 Å². The highest BCUT2D eigenvalue weighted by atomic mass is 35.7. The van der Waals surface area contributed by atoms with Gasteiger partial charge in [-0.3, -0.25) is 0 Å². The molecule has 7 heteroatoms. The summed E-state index contributed by atoms with van der Waals surface area (Å²) in [5.74, 6) is 0.349. The SMILES string of the molecule is CC(C)COCCOCCOCCS(=O)(=O)Cl. The number of hydrogen-bond donors (Lipinski definition) is 0. The van der Waals surface area contributed by atoms with Crippen LogP contribution in [0.4, 0.5) is 0 Å². The van der Waals surface area contributed by atoms with Crippen molar-refractivity contribution < 1.29 is 22.6 Å². The summed E-state index contributed by atoms with van der Waals surface area (Å²) in [5.41, 5.74) is 0. The second-order valence-electron chi connectivity index (χ2n) is 3.94. The summed E-state index contributed by atoms with van der Waals surface area (Å²) < 4.78 is 36.6. The highest BCUT2D eigenvalue weighted by Gasteiger charge is 2.03. The first-order chi connectivity index (χ1) is 7.92. The van der Waals surface area contributed by atoms with Crippen LogP contribution >= 0.6 is 10.7 Å². The Hall–Kier alpha value is 0.120. The molecule has 0 aromatic rings. The second-order valence-corrected chi connectivity index (χ2v) is 6.83. The van der Waals surface area contributed by atoms with E-state index in [-0.39, 0.29) is 12.4 Å². The number of halogens is 1. The molecule has 17 heavy (non-hydrogen) atoms. The van der Waals surface area contributed by atoms with Gasteiger partial charge in [-0.15, -0.1) is 0 Å². The Morgan fingerprint density at radius 1 is 0.941 bits per heavy atom. The molecule has 0 aromatic heterocycles. The lowest BCUT2D eigenvalue weighted by Crippen LogP contribution is -2.13. The summed E-state index contributed by atoms with van der Waals surface area (Å²) in [5, 5.41) is 0. The first kappa shape index (κ1) is 17.1. The van der Waals surface area contributed by atoms with Gasteiger partial charge in [0.2, 0.25) is 9.05 Å². The largest absolute Gasteiger partial charge is 0.379 e. The molecule has 0 saturated carbocycles. The summed E-state index contributed by atoms with van der Waals surface area (Å²) in [6.07, 6.45) is 0. The lowest BCUT2D eigenvalue weighted by atomic mass is 10.2. The van der Waals surface area contributed by atoms with Gasteiger partial charge in [-0.05, 0) is 5.92 Å². The summed E-state index contributed by atoms with van der Waals surface area (Å²) in [6.45, 7) is 6.85. The molecule has 0 N–H and O–H groups in total. The van der Waals surface area contributed by atoms with E-state index in [9.17, 15) is 8.42 Å². The van der Waals surface area contributed by atoms with Crippen molar-refractivity contribution in [2.45, 2.75) is 13.8 Å². The summed E-state index contributed by atoms with van der Waals surface area (Å²) in [7, 11) is 1.55. The van der Waals surface area contributed by atoms with E-state index in [0.29, 0.717) is 32.3 Å². The molecule has 0 aliphatic carbocycles. The third kappa shape index (κ3) is 16.1. The summed E-state index contributed by atoms with van der Waals surface area (Å²) in [4.78, 5) is 0. The standard InChI is InChI=1S/C10H21ClO5S/c1-10(2)9-16-6-5-14-3-4-15-7-8-17(11,12)13/h10H,3-9H2,1-2H3. The third-order valence-corrected chi connectivity index (χ3v) is 2.78. The normalized spacial score (nSPS) is 12.2. The fraction of sp³-hybridized carbons (Fsp3) is 1.00. The van der Waals surface area contributed by atoms with E-state index in [1.54, 1.807) is 0 Å². The Kier molecular flexibility index (Phi) is 10.2. The molecule has 0 rings (SSSR count). The topological polar surface area (TPSA) is 61.8 Å². The molecule has 0 aliphatic rings. The molecular formula is C10H21ClO5S. The monoisotopic (exact) mass is 288 g/mol. The molecule has 0 saturated heterocycles. The third-order valence-electron chi connectivity index (χ3n) is 1.67. The minimum absolute atomic E-state index is 0.0963. The van der Waals surface area contributed by atoms with Crippen LogP contribution in [-0.2, 0) is 23.3 Å². The molecule has 0 bridgehead atoms. The fourth-order valence-corrected chi connectivity index (χ4v) is 1.42. The van der Waals surface area contributed by atoms with Gasteiger partial charge in [0, 0.05) is 17.3 Å². The van der Waals surface area contributed by atoms with Crippen LogP contribution in [0.15, 0.2) is 0 Å². The van der Waals surface area contributed by atoms with Crippen LogP contribution in [0.2, 0.25) is 0 Å². The van der Waals surface area contributed by atoms with Gasteiger partial charge < -0.3 is 14.2 Å². The average Bonchev–Trinajstić information content (AvgIpc) is 2.18. The molecule has 0 spiro atoms. The maximum Gasteiger partial charge on any atom is 0.234 e. The molecule has 0 aromatic carbocycles. The van der Waals surface area contributed by atoms with Crippen molar-refractivity contribution >= 4 is 19.7 Å². The van der Waals surface area contributed by atoms with E-state index in [1.807, 2.05) is 0 Å². The zero-order chi connectivity index (χ0) is 13.1. The minimum Gasteiger partial charge on any atom is -0.379 e. The minimum atomic E-state index is -3.45. The van der Waals surface area contributed by atoms with Crippen molar-refractivity contribution in [1.29, 1.82) is 0 Å². The Bertz CT molecular complexity index is 266. The molecule has 5 nitrogen and oxygen atoms in total. The zero-order valence-electron chi connectivity index (χ0n) is 10.4. The van der Waals surface area contributed by atoms with Gasteiger partial charge in [-0.2, -0.15) is 0 Å². The average molecular weight is 289 g/mol. The highest BCUT2D eigenvalue weighted by molar-refractivity contribution is 8.13. The summed E-state index contributed by atoms with van der Waals surface area (Å²) in [6, 6.07) is 0. The van der Waals surface area contributed by atoms with Gasteiger partial charge in [-0.1, -0.05) is 13.8 Å². The first-order valence-corrected chi connectivity index (χ1v) is 8.05. The van der Waals surface area contributed by atoms with E-state index >= 15 is 0 Å². The Balaban J connectivity index is 3.09. The van der Waals surface area contributed by atoms with Gasteiger partial charge in [0.1, 0.15) is 0 Å². The van der Waals surface area contributed by atoms with Gasteiger partial charge >= 0.3 is 0 Å². The van der Waals surface area contributed by atoms with Crippen molar-refractivity contribution in [2.75, 3.05) is 45.4 Å². The van der Waals surface area contributed by atoms with Crippen LogP contribution in [-0.4, -0.2) is 53.8 Å². The molecule has 104 valence electrons. The van der Waals surface area contributed by atoms with E-state index < -0.39 is 9.05 Å². The van der Waals surface area contributed by atoms with Gasteiger partial charge in [0.25, 0.3) is 0 Å². The van der Waals surface area contributed by atoms with E-state index in [2.05, 4.69) is 13.8 Å². The van der Waals surface area contributed by atoms with Gasteiger partial charge in [0.05, 0.1) is 38.8 Å². The van der Waals surface area contributed by atoms with Crippen molar-refractivity contribution in [3.8, 4) is 0 Å². The first-order valence-electron chi connectivity index (χ1n) is 5.57. The van der Waals surface area contributed by atoms with Crippen LogP contribution in [0.1, 0.15) is 13.8 Å². The van der Waals surface area contributed by atoms with Crippen LogP contribution in [0.5, 0.6) is 0 Å². The molecule has 0 fully saturated rings. The Morgan fingerprint density at radius 3 is 1.88 bits per heavy atom. The predicted molar refractivity (Wildman–Crippen MR) is 66.9 cm³/mol. The van der Waals surface area contributed by atoms with Crippen LogP contribution in [0.3, 0.4) is 0 Å². The maximum absolute atomic E-state index is 10.5. The predicted octanol–water partition coefficient (Wildman–Crippen LogP) is 1.26. The smallest absolute Gasteiger partial charge is 0.234 e. The molecule has 0 amide bonds. The molecule has 0 aliphatic heterocycles. The van der Waals surface area contributed by atoms with Crippen LogP contribution < -0.4 is 0 Å². The summed E-state index contributed by atoms with van der Waals surface area (Å²) >= 11 is 0. The second kappa shape index (κ2) is 10.1. The highest BCUT2D eigenvalue weighted by Crippen LogP contribution is 1.95. The van der Waals surface area contributed by atoms with E-state index in [4.69, 9.17) is 24.9 Å². The lowest BCUT2D eigenvalue weighted by Gasteiger charge is -2.07. The fourth-order valence-electron chi connectivity index (χ4n) is 0.917. The molecule has 0 unspecified atom stereocenters. The number of hydrogen-bond acceptors (Lipinski definition) is 5. The van der Waals surface area contributed by atoms with Crippen LogP contribution in [0, 0.1) is 5.92 Å². The van der Waals surface area contributed by atoms with Crippen molar-refractivity contribution in [1.82, 2.24) is 0 Å². The Morgan fingerprint density at radius 2 is 1.41 bits per heavy atom. The lowest BCUT2D eigenvalue weighted by molar-refractivity contribution is 0.0120. The van der Waals surface area contributed by atoms with E-state index in [1.165, 1.54) is 0 Å². The van der Waals surface area contributed by atoms with E-state index in [0.717, 1.165) is 6.61 Å². The Labute approximate surface area is 108 Å².